The number of ether oxygens (including phenoxy) is 1. The molecule has 3 saturated heterocycles. The van der Waals surface area contributed by atoms with Crippen molar-refractivity contribution in [2.24, 2.45) is 11.8 Å². The van der Waals surface area contributed by atoms with E-state index in [9.17, 15) is 4.79 Å². The van der Waals surface area contributed by atoms with E-state index in [-0.39, 0.29) is 12.0 Å². The van der Waals surface area contributed by atoms with Gasteiger partial charge in [-0.1, -0.05) is 0 Å². The number of rotatable bonds is 1. The number of carbonyl (C=O) groups excluding carboxylic acids is 1. The quantitative estimate of drug-likeness (QED) is 0.693. The van der Waals surface area contributed by atoms with Crippen LogP contribution >= 0.6 is 0 Å². The van der Waals surface area contributed by atoms with Gasteiger partial charge in [0.1, 0.15) is 6.10 Å². The zero-order valence-electron chi connectivity index (χ0n) is 9.65. The highest BCUT2D eigenvalue weighted by Crippen LogP contribution is 2.28. The molecule has 3 atom stereocenters. The molecule has 0 saturated carbocycles. The van der Waals surface area contributed by atoms with E-state index >= 15 is 0 Å². The van der Waals surface area contributed by atoms with Gasteiger partial charge in [0.15, 0.2) is 0 Å². The second kappa shape index (κ2) is 4.34. The molecule has 1 amide bonds. The summed E-state index contributed by atoms with van der Waals surface area (Å²) in [5.74, 6) is 1.62. The molecule has 0 radical (unpaired) electrons. The van der Waals surface area contributed by atoms with Gasteiger partial charge in [-0.25, -0.2) is 0 Å². The Morgan fingerprint density at radius 3 is 2.56 bits per heavy atom. The molecule has 0 aromatic heterocycles. The lowest BCUT2D eigenvalue weighted by Gasteiger charge is -2.27. The molecule has 0 spiro atoms. The van der Waals surface area contributed by atoms with Crippen molar-refractivity contribution in [2.45, 2.75) is 25.4 Å². The third-order valence-electron chi connectivity index (χ3n) is 4.16. The second-order valence-electron chi connectivity index (χ2n) is 5.28. The zero-order chi connectivity index (χ0) is 11.0. The summed E-state index contributed by atoms with van der Waals surface area (Å²) in [6.45, 7) is 4.81. The van der Waals surface area contributed by atoms with Crippen LogP contribution in [0.25, 0.3) is 0 Å². The minimum Gasteiger partial charge on any atom is -0.368 e. The molecular formula is C12H20N2O2. The van der Waals surface area contributed by atoms with Gasteiger partial charge in [-0.15, -0.1) is 0 Å². The molecule has 3 rings (SSSR count). The van der Waals surface area contributed by atoms with Crippen LogP contribution in [0.5, 0.6) is 0 Å². The summed E-state index contributed by atoms with van der Waals surface area (Å²) in [5, 5.41) is 3.39. The normalized spacial score (nSPS) is 38.8. The van der Waals surface area contributed by atoms with Gasteiger partial charge in [0.05, 0.1) is 0 Å². The van der Waals surface area contributed by atoms with Gasteiger partial charge in [0.2, 0.25) is 0 Å². The average molecular weight is 224 g/mol. The molecule has 3 fully saturated rings. The van der Waals surface area contributed by atoms with E-state index in [2.05, 4.69) is 5.32 Å². The molecular weight excluding hydrogens is 204 g/mol. The maximum Gasteiger partial charge on any atom is 0.251 e. The second-order valence-corrected chi connectivity index (χ2v) is 5.28. The van der Waals surface area contributed by atoms with Crippen LogP contribution in [0.3, 0.4) is 0 Å². The van der Waals surface area contributed by atoms with Crippen molar-refractivity contribution in [3.8, 4) is 0 Å². The van der Waals surface area contributed by atoms with Gasteiger partial charge in [-0.05, 0) is 31.1 Å². The van der Waals surface area contributed by atoms with Crippen molar-refractivity contribution < 1.29 is 9.53 Å². The first kappa shape index (κ1) is 10.5. The van der Waals surface area contributed by atoms with Crippen molar-refractivity contribution in [1.29, 1.82) is 0 Å². The highest BCUT2D eigenvalue weighted by molar-refractivity contribution is 5.81. The van der Waals surface area contributed by atoms with Crippen LogP contribution in [0, 0.1) is 11.8 Å². The first-order chi connectivity index (χ1) is 7.84. The molecule has 3 heterocycles. The van der Waals surface area contributed by atoms with Crippen molar-refractivity contribution in [3.05, 3.63) is 0 Å². The number of amides is 1. The molecule has 4 nitrogen and oxygen atoms in total. The van der Waals surface area contributed by atoms with Crippen LogP contribution in [-0.2, 0) is 9.53 Å². The molecule has 3 aliphatic heterocycles. The lowest BCUT2D eigenvalue weighted by molar-refractivity contribution is -0.145. The van der Waals surface area contributed by atoms with Gasteiger partial charge in [-0.3, -0.25) is 4.79 Å². The monoisotopic (exact) mass is 224 g/mol. The third-order valence-corrected chi connectivity index (χ3v) is 4.16. The maximum absolute atomic E-state index is 12.2. The summed E-state index contributed by atoms with van der Waals surface area (Å²) < 4.78 is 5.57. The Kier molecular flexibility index (Phi) is 2.86. The first-order valence-electron chi connectivity index (χ1n) is 6.45. The molecule has 0 aromatic carbocycles. The molecule has 4 heteroatoms. The Morgan fingerprint density at radius 2 is 1.94 bits per heavy atom. The minimum atomic E-state index is -0.138. The fourth-order valence-electron chi connectivity index (χ4n) is 3.17. The molecule has 16 heavy (non-hydrogen) atoms. The highest BCUT2D eigenvalue weighted by atomic mass is 16.5. The van der Waals surface area contributed by atoms with Gasteiger partial charge in [0, 0.05) is 32.8 Å². The van der Waals surface area contributed by atoms with E-state index in [4.69, 9.17) is 4.74 Å². The van der Waals surface area contributed by atoms with E-state index < -0.39 is 0 Å². The summed E-state index contributed by atoms with van der Waals surface area (Å²) in [5.41, 5.74) is 0. The van der Waals surface area contributed by atoms with Crippen LogP contribution in [-0.4, -0.2) is 49.7 Å². The number of fused-ring (bicyclic) bond motifs is 1. The highest BCUT2D eigenvalue weighted by Gasteiger charge is 2.40. The standard InChI is InChI=1S/C12H20N2O2/c15-12(11-3-1-2-4-16-11)14-7-9-5-13-6-10(9)8-14/h9-11,13H,1-8H2/t9-,10+,11?. The third kappa shape index (κ3) is 1.84. The van der Waals surface area contributed by atoms with Gasteiger partial charge >= 0.3 is 0 Å². The molecule has 3 aliphatic rings. The predicted molar refractivity (Wildman–Crippen MR) is 60.0 cm³/mol. The smallest absolute Gasteiger partial charge is 0.251 e. The van der Waals surface area contributed by atoms with Crippen LogP contribution < -0.4 is 5.32 Å². The van der Waals surface area contributed by atoms with Crippen LogP contribution in [0.2, 0.25) is 0 Å². The van der Waals surface area contributed by atoms with E-state index in [1.807, 2.05) is 4.90 Å². The lowest BCUT2D eigenvalue weighted by Crippen LogP contribution is -2.41. The summed E-state index contributed by atoms with van der Waals surface area (Å²) in [6, 6.07) is 0. The summed E-state index contributed by atoms with van der Waals surface area (Å²) in [4.78, 5) is 14.2. The van der Waals surface area contributed by atoms with Crippen molar-refractivity contribution in [3.63, 3.8) is 0 Å². The number of nitrogens with zero attached hydrogens (tertiary/aromatic N) is 1. The molecule has 1 N–H and O–H groups in total. The molecule has 0 aliphatic carbocycles. The number of nitrogens with one attached hydrogen (secondary N) is 1. The predicted octanol–water partition coefficient (Wildman–Crippen LogP) is 0.233. The number of likely N-dealkylation sites (tertiary alicyclic amines) is 1. The SMILES string of the molecule is O=C(C1CCCCO1)N1C[C@H]2CNC[C@H]2C1. The van der Waals surface area contributed by atoms with E-state index in [0.717, 1.165) is 52.0 Å². The average Bonchev–Trinajstić information content (AvgIpc) is 2.89. The molecule has 0 bridgehead atoms. The Morgan fingerprint density at radius 1 is 1.19 bits per heavy atom. The van der Waals surface area contributed by atoms with E-state index in [1.165, 1.54) is 0 Å². The number of carbonyl (C=O) groups is 1. The Labute approximate surface area is 96.3 Å². The Hall–Kier alpha value is -0.610. The topological polar surface area (TPSA) is 41.6 Å². The molecule has 1 unspecified atom stereocenters. The summed E-state index contributed by atoms with van der Waals surface area (Å²) in [7, 11) is 0. The Bertz CT molecular complexity index is 264. The fraction of sp³-hybridized carbons (Fsp3) is 0.917. The summed E-state index contributed by atoms with van der Waals surface area (Å²) >= 11 is 0. The van der Waals surface area contributed by atoms with Crippen molar-refractivity contribution in [2.75, 3.05) is 32.8 Å². The Balaban J connectivity index is 1.59. The summed E-state index contributed by atoms with van der Waals surface area (Å²) in [6.07, 6.45) is 3.03. The first-order valence-corrected chi connectivity index (χ1v) is 6.45. The van der Waals surface area contributed by atoms with Gasteiger partial charge in [0.25, 0.3) is 5.91 Å². The van der Waals surface area contributed by atoms with Crippen LogP contribution in [0.15, 0.2) is 0 Å². The lowest BCUT2D eigenvalue weighted by atomic mass is 10.0. The molecule has 90 valence electrons. The fourth-order valence-corrected chi connectivity index (χ4v) is 3.17. The molecule has 0 aromatic rings. The number of hydrogen-bond donors (Lipinski definition) is 1. The number of hydrogen-bond acceptors (Lipinski definition) is 3. The van der Waals surface area contributed by atoms with E-state index in [1.54, 1.807) is 0 Å². The van der Waals surface area contributed by atoms with Crippen molar-refractivity contribution in [1.82, 2.24) is 10.2 Å². The van der Waals surface area contributed by atoms with Crippen molar-refractivity contribution >= 4 is 5.91 Å². The van der Waals surface area contributed by atoms with Crippen LogP contribution in [0.1, 0.15) is 19.3 Å². The van der Waals surface area contributed by atoms with Crippen LogP contribution in [0.4, 0.5) is 0 Å². The largest absolute Gasteiger partial charge is 0.368 e. The minimum absolute atomic E-state index is 0.138. The zero-order valence-corrected chi connectivity index (χ0v) is 9.65. The van der Waals surface area contributed by atoms with Gasteiger partial charge in [-0.2, -0.15) is 0 Å². The van der Waals surface area contributed by atoms with E-state index in [0.29, 0.717) is 11.8 Å². The van der Waals surface area contributed by atoms with Gasteiger partial charge < -0.3 is 15.0 Å². The maximum atomic E-state index is 12.2.